The predicted octanol–water partition coefficient (Wildman–Crippen LogP) is 7.95. The van der Waals surface area contributed by atoms with Crippen LogP contribution in [-0.4, -0.2) is 22.8 Å². The first kappa shape index (κ1) is 25.3. The van der Waals surface area contributed by atoms with Crippen molar-refractivity contribution in [3.05, 3.63) is 89.7 Å². The number of ether oxygens (including phenoxy) is 3. The van der Waals surface area contributed by atoms with Crippen LogP contribution in [0.2, 0.25) is 15.1 Å². The van der Waals surface area contributed by atoms with E-state index >= 15 is 0 Å². The summed E-state index contributed by atoms with van der Waals surface area (Å²) in [6, 6.07) is 13.9. The maximum absolute atomic E-state index is 13.0. The first-order valence-electron chi connectivity index (χ1n) is 10.5. The second-order valence-electron chi connectivity index (χ2n) is 7.78. The molecule has 2 amide bonds. The summed E-state index contributed by atoms with van der Waals surface area (Å²) in [4.78, 5) is 27.1. The summed E-state index contributed by atoms with van der Waals surface area (Å²) in [6.45, 7) is 0.393. The standard InChI is InChI=1S/C25H15BrCl3NO5S/c26-17-5-13(1-4-20(17)33-11-14-2-3-16(27)8-18(14)28)6-23-24(31)30(25(32)36-23)10-15-7-21-22(9-19(15)29)35-12-34-21/h1-9H,10-12H2/b23-6-. The van der Waals surface area contributed by atoms with Gasteiger partial charge in [-0.25, -0.2) is 0 Å². The zero-order valence-corrected chi connectivity index (χ0v) is 22.9. The molecule has 1 fully saturated rings. The summed E-state index contributed by atoms with van der Waals surface area (Å²) in [5.74, 6) is 1.27. The monoisotopic (exact) mass is 625 g/mol. The molecule has 11 heteroatoms. The number of fused-ring (bicyclic) bond motifs is 1. The van der Waals surface area contributed by atoms with Gasteiger partial charge in [0.15, 0.2) is 11.5 Å². The van der Waals surface area contributed by atoms with E-state index in [1.54, 1.807) is 48.5 Å². The summed E-state index contributed by atoms with van der Waals surface area (Å²) >= 11 is 22.8. The van der Waals surface area contributed by atoms with Crippen molar-refractivity contribution in [2.24, 2.45) is 0 Å². The fourth-order valence-corrected chi connectivity index (χ4v) is 5.58. The van der Waals surface area contributed by atoms with Gasteiger partial charge in [-0.05, 0) is 75.2 Å². The Balaban J connectivity index is 1.28. The van der Waals surface area contributed by atoms with Crippen molar-refractivity contribution in [2.45, 2.75) is 13.2 Å². The van der Waals surface area contributed by atoms with Gasteiger partial charge in [0.05, 0.1) is 15.9 Å². The van der Waals surface area contributed by atoms with Crippen molar-refractivity contribution >= 4 is 79.7 Å². The molecule has 0 spiro atoms. The lowest BCUT2D eigenvalue weighted by Gasteiger charge is -2.14. The number of carbonyl (C=O) groups excluding carboxylic acids is 2. The first-order valence-corrected chi connectivity index (χ1v) is 13.2. The molecule has 0 bridgehead atoms. The molecule has 0 N–H and O–H groups in total. The number of benzene rings is 3. The lowest BCUT2D eigenvalue weighted by molar-refractivity contribution is -0.123. The van der Waals surface area contributed by atoms with E-state index in [4.69, 9.17) is 49.0 Å². The van der Waals surface area contributed by atoms with Crippen molar-refractivity contribution in [1.29, 1.82) is 0 Å². The minimum Gasteiger partial charge on any atom is -0.488 e. The Hall–Kier alpha value is -2.36. The van der Waals surface area contributed by atoms with Crippen LogP contribution >= 0.6 is 62.5 Å². The van der Waals surface area contributed by atoms with E-state index in [0.717, 1.165) is 27.8 Å². The molecule has 0 unspecified atom stereocenters. The number of imide groups is 1. The number of carbonyl (C=O) groups is 2. The number of rotatable bonds is 6. The normalized spacial score (nSPS) is 15.8. The molecule has 0 aliphatic carbocycles. The van der Waals surface area contributed by atoms with Crippen LogP contribution < -0.4 is 14.2 Å². The second-order valence-corrected chi connectivity index (χ2v) is 10.9. The van der Waals surface area contributed by atoms with Crippen LogP contribution in [0.25, 0.3) is 6.08 Å². The average Bonchev–Trinajstić information content (AvgIpc) is 3.38. The number of hydrogen-bond acceptors (Lipinski definition) is 6. The van der Waals surface area contributed by atoms with E-state index in [2.05, 4.69) is 15.9 Å². The van der Waals surface area contributed by atoms with Crippen LogP contribution in [0.5, 0.6) is 17.2 Å². The molecular weight excluding hydrogens is 613 g/mol. The summed E-state index contributed by atoms with van der Waals surface area (Å²) in [5, 5.41) is 1.09. The van der Waals surface area contributed by atoms with Crippen molar-refractivity contribution < 1.29 is 23.8 Å². The van der Waals surface area contributed by atoms with Crippen LogP contribution in [0.15, 0.2) is 57.9 Å². The van der Waals surface area contributed by atoms with Crippen molar-refractivity contribution in [2.75, 3.05) is 6.79 Å². The Morgan fingerprint density at radius 3 is 2.47 bits per heavy atom. The number of amides is 2. The average molecular weight is 628 g/mol. The van der Waals surface area contributed by atoms with E-state index in [9.17, 15) is 9.59 Å². The summed E-state index contributed by atoms with van der Waals surface area (Å²) in [5.41, 5.74) is 2.12. The van der Waals surface area contributed by atoms with Gasteiger partial charge in [-0.15, -0.1) is 0 Å². The molecule has 0 aromatic heterocycles. The second kappa shape index (κ2) is 10.6. The van der Waals surface area contributed by atoms with Gasteiger partial charge < -0.3 is 14.2 Å². The molecule has 184 valence electrons. The Bertz CT molecular complexity index is 1430. The number of nitrogens with zero attached hydrogens (tertiary/aromatic N) is 1. The third-order valence-corrected chi connectivity index (χ3v) is 7.86. The summed E-state index contributed by atoms with van der Waals surface area (Å²) in [6.07, 6.45) is 1.66. The van der Waals surface area contributed by atoms with Crippen molar-refractivity contribution in [3.8, 4) is 17.2 Å². The largest absolute Gasteiger partial charge is 0.488 e. The number of halogens is 4. The summed E-state index contributed by atoms with van der Waals surface area (Å²) in [7, 11) is 0. The Morgan fingerprint density at radius 1 is 0.972 bits per heavy atom. The maximum Gasteiger partial charge on any atom is 0.293 e. The molecule has 5 rings (SSSR count). The third kappa shape index (κ3) is 5.33. The molecule has 0 radical (unpaired) electrons. The Kier molecular flexibility index (Phi) is 7.42. The third-order valence-electron chi connectivity index (χ3n) is 5.40. The van der Waals surface area contributed by atoms with Crippen LogP contribution in [0, 0.1) is 0 Å². The minimum atomic E-state index is -0.396. The van der Waals surface area contributed by atoms with Crippen molar-refractivity contribution in [3.63, 3.8) is 0 Å². The molecule has 3 aromatic carbocycles. The highest BCUT2D eigenvalue weighted by Crippen LogP contribution is 2.40. The van der Waals surface area contributed by atoms with Crippen LogP contribution in [0.1, 0.15) is 16.7 Å². The first-order chi connectivity index (χ1) is 17.3. The van der Waals surface area contributed by atoms with Crippen LogP contribution in [-0.2, 0) is 17.9 Å². The molecule has 3 aromatic rings. The highest BCUT2D eigenvalue weighted by Gasteiger charge is 2.35. The molecule has 1 saturated heterocycles. The Morgan fingerprint density at radius 2 is 1.72 bits per heavy atom. The fraction of sp³-hybridized carbons (Fsp3) is 0.120. The highest BCUT2D eigenvalue weighted by atomic mass is 79.9. The van der Waals surface area contributed by atoms with E-state index in [1.807, 2.05) is 6.07 Å². The summed E-state index contributed by atoms with van der Waals surface area (Å²) < 4.78 is 17.2. The molecule has 2 heterocycles. The Labute approximate surface area is 234 Å². The lowest BCUT2D eigenvalue weighted by Crippen LogP contribution is -2.27. The molecule has 0 atom stereocenters. The predicted molar refractivity (Wildman–Crippen MR) is 144 cm³/mol. The maximum atomic E-state index is 13.0. The van der Waals surface area contributed by atoms with Gasteiger partial charge in [-0.1, -0.05) is 46.9 Å². The molecule has 2 aliphatic rings. The highest BCUT2D eigenvalue weighted by molar-refractivity contribution is 9.10. The molecule has 36 heavy (non-hydrogen) atoms. The SMILES string of the molecule is O=C1S/C(=C\c2ccc(OCc3ccc(Cl)cc3Cl)c(Br)c2)C(=O)N1Cc1cc2c(cc1Cl)OCO2. The number of thioether (sulfide) groups is 1. The van der Waals surface area contributed by atoms with Crippen LogP contribution in [0.4, 0.5) is 4.79 Å². The van der Waals surface area contributed by atoms with Gasteiger partial charge in [0.25, 0.3) is 11.1 Å². The fourth-order valence-electron chi connectivity index (χ4n) is 3.56. The van der Waals surface area contributed by atoms with Gasteiger partial charge in [0.1, 0.15) is 12.4 Å². The van der Waals surface area contributed by atoms with Crippen molar-refractivity contribution in [1.82, 2.24) is 4.90 Å². The zero-order chi connectivity index (χ0) is 25.4. The topological polar surface area (TPSA) is 65.1 Å². The lowest BCUT2D eigenvalue weighted by atomic mass is 10.1. The van der Waals surface area contributed by atoms with E-state index in [1.165, 1.54) is 0 Å². The molecule has 0 saturated carbocycles. The number of hydrogen-bond donors (Lipinski definition) is 0. The van der Waals surface area contributed by atoms with E-state index in [0.29, 0.717) is 47.3 Å². The molecule has 6 nitrogen and oxygen atoms in total. The van der Waals surface area contributed by atoms with E-state index in [-0.39, 0.29) is 25.2 Å². The quantitative estimate of drug-likeness (QED) is 0.259. The minimum absolute atomic E-state index is 0.0290. The van der Waals surface area contributed by atoms with Gasteiger partial charge >= 0.3 is 0 Å². The van der Waals surface area contributed by atoms with Gasteiger partial charge in [-0.3, -0.25) is 14.5 Å². The molecule has 2 aliphatic heterocycles. The van der Waals surface area contributed by atoms with E-state index < -0.39 is 5.91 Å². The van der Waals surface area contributed by atoms with Gasteiger partial charge in [0.2, 0.25) is 6.79 Å². The van der Waals surface area contributed by atoms with Crippen LogP contribution in [0.3, 0.4) is 0 Å². The molecular formula is C25H15BrCl3NO5S. The van der Waals surface area contributed by atoms with Gasteiger partial charge in [-0.2, -0.15) is 0 Å². The zero-order valence-electron chi connectivity index (χ0n) is 18.2. The smallest absolute Gasteiger partial charge is 0.293 e. The van der Waals surface area contributed by atoms with Gasteiger partial charge in [0, 0.05) is 26.7 Å².